The fourth-order valence-corrected chi connectivity index (χ4v) is 6.31. The number of hydrogen-bond acceptors (Lipinski definition) is 0. The summed E-state index contributed by atoms with van der Waals surface area (Å²) in [5.41, 5.74) is 2.69. The van der Waals surface area contributed by atoms with E-state index in [0.29, 0.717) is 29.9 Å². The molecule has 2 heteroatoms. The van der Waals surface area contributed by atoms with Crippen LogP contribution in [-0.2, 0) is 0 Å². The number of aryl methyl sites for hydroxylation is 2. The summed E-state index contributed by atoms with van der Waals surface area (Å²) < 4.78 is 4.64. The van der Waals surface area contributed by atoms with E-state index in [-0.39, 0.29) is 0 Å². The van der Waals surface area contributed by atoms with Crippen LogP contribution in [0.15, 0.2) is 58.0 Å². The topological polar surface area (TPSA) is 0 Å². The van der Waals surface area contributed by atoms with Crippen molar-refractivity contribution < 1.29 is 0 Å². The summed E-state index contributed by atoms with van der Waals surface area (Å²) in [5, 5.41) is 0. The summed E-state index contributed by atoms with van der Waals surface area (Å²) in [7, 11) is 0. The van der Waals surface area contributed by atoms with Crippen LogP contribution in [0.25, 0.3) is 0 Å². The molecule has 2 rings (SSSR count). The molecule has 0 nitrogen and oxygen atoms in total. The Bertz CT molecular complexity index is 622. The van der Waals surface area contributed by atoms with Crippen LogP contribution >= 0.6 is 0 Å². The fourth-order valence-electron chi connectivity index (χ4n) is 2.07. The molecule has 2 aromatic carbocycles. The van der Waals surface area contributed by atoms with Crippen LogP contribution in [0, 0.1) is 19.8 Å². The van der Waals surface area contributed by atoms with Gasteiger partial charge in [0.25, 0.3) is 0 Å². The van der Waals surface area contributed by atoms with Gasteiger partial charge in [0.1, 0.15) is 0 Å². The third-order valence-electron chi connectivity index (χ3n) is 3.59. The van der Waals surface area contributed by atoms with Gasteiger partial charge in [0, 0.05) is 0 Å². The maximum atomic E-state index is 2.54. The Labute approximate surface area is 154 Å². The SMILES string of the molecule is Cc1ccc([Se]/C=C(\CCC(C)C)[Se]c2ccc(C)cc2)cc1. The quantitative estimate of drug-likeness (QED) is 0.577. The minimum absolute atomic E-state index is 0.451. The van der Waals surface area contributed by atoms with Crippen molar-refractivity contribution >= 4 is 38.8 Å². The Hall–Kier alpha value is -0.781. The second kappa shape index (κ2) is 9.50. The van der Waals surface area contributed by atoms with Crippen LogP contribution in [0.1, 0.15) is 37.8 Å². The van der Waals surface area contributed by atoms with Gasteiger partial charge in [-0.3, -0.25) is 0 Å². The average Bonchev–Trinajstić information content (AvgIpc) is 2.53. The van der Waals surface area contributed by atoms with Gasteiger partial charge in [-0.2, -0.15) is 0 Å². The van der Waals surface area contributed by atoms with Crippen molar-refractivity contribution in [3.05, 3.63) is 69.1 Å². The van der Waals surface area contributed by atoms with Gasteiger partial charge in [0.2, 0.25) is 0 Å². The molecule has 0 heterocycles. The molecule has 122 valence electrons. The van der Waals surface area contributed by atoms with E-state index < -0.39 is 0 Å². The first kappa shape index (κ1) is 18.6. The number of allylic oxidation sites excluding steroid dienone is 1. The van der Waals surface area contributed by atoms with Gasteiger partial charge in [-0.15, -0.1) is 0 Å². The van der Waals surface area contributed by atoms with E-state index in [4.69, 9.17) is 0 Å². The van der Waals surface area contributed by atoms with E-state index >= 15 is 0 Å². The molecule has 0 amide bonds. The van der Waals surface area contributed by atoms with Crippen LogP contribution in [-0.4, -0.2) is 29.9 Å². The summed E-state index contributed by atoms with van der Waals surface area (Å²) in [4.78, 5) is 2.54. The van der Waals surface area contributed by atoms with E-state index in [1.807, 2.05) is 0 Å². The Morgan fingerprint density at radius 1 is 0.870 bits per heavy atom. The van der Waals surface area contributed by atoms with Crippen molar-refractivity contribution in [2.24, 2.45) is 5.92 Å². The first-order valence-electron chi connectivity index (χ1n) is 8.20. The summed E-state index contributed by atoms with van der Waals surface area (Å²) >= 11 is 0.918. The molecule has 0 spiro atoms. The molecule has 0 aliphatic carbocycles. The standard InChI is InChI=1S/C21H26Se2/c1-16(2)5-10-21(23-20-13-8-18(4)9-14-20)15-22-19-11-6-17(3)7-12-19/h6-9,11-16H,5,10H2,1-4H3/b21-15+. The Balaban J connectivity index is 2.07. The summed E-state index contributed by atoms with van der Waals surface area (Å²) in [6, 6.07) is 18.1. The molecule has 0 aromatic heterocycles. The minimum atomic E-state index is 0.451. The molecule has 0 fully saturated rings. The zero-order valence-corrected chi connectivity index (χ0v) is 17.9. The van der Waals surface area contributed by atoms with Crippen molar-refractivity contribution in [3.8, 4) is 0 Å². The van der Waals surface area contributed by atoms with Gasteiger partial charge in [0.05, 0.1) is 0 Å². The van der Waals surface area contributed by atoms with E-state index in [1.54, 1.807) is 4.47 Å². The normalized spacial score (nSPS) is 12.0. The summed E-state index contributed by atoms with van der Waals surface area (Å²) in [5.74, 6) is 0.777. The molecule has 0 N–H and O–H groups in total. The molecule has 0 saturated carbocycles. The van der Waals surface area contributed by atoms with Crippen molar-refractivity contribution in [3.63, 3.8) is 0 Å². The Kier molecular flexibility index (Phi) is 7.66. The van der Waals surface area contributed by atoms with Crippen LogP contribution < -0.4 is 8.92 Å². The first-order valence-corrected chi connectivity index (χ1v) is 11.8. The van der Waals surface area contributed by atoms with Gasteiger partial charge in [0.15, 0.2) is 0 Å². The van der Waals surface area contributed by atoms with Gasteiger partial charge >= 0.3 is 154 Å². The predicted molar refractivity (Wildman–Crippen MR) is 105 cm³/mol. The van der Waals surface area contributed by atoms with Crippen molar-refractivity contribution in [1.29, 1.82) is 0 Å². The van der Waals surface area contributed by atoms with Gasteiger partial charge in [-0.05, 0) is 0 Å². The molecule has 0 aliphatic rings. The Morgan fingerprint density at radius 2 is 1.39 bits per heavy atom. The number of rotatable bonds is 7. The third kappa shape index (κ3) is 7.10. The molecule has 23 heavy (non-hydrogen) atoms. The summed E-state index contributed by atoms with van der Waals surface area (Å²) in [6.07, 6.45) is 2.54. The second-order valence-corrected chi connectivity index (χ2v) is 10.9. The Morgan fingerprint density at radius 3 is 1.91 bits per heavy atom. The molecule has 0 aliphatic heterocycles. The number of hydrogen-bond donors (Lipinski definition) is 0. The molecule has 0 radical (unpaired) electrons. The van der Waals surface area contributed by atoms with E-state index in [9.17, 15) is 0 Å². The third-order valence-corrected chi connectivity index (χ3v) is 8.62. The van der Waals surface area contributed by atoms with Crippen LogP contribution in [0.3, 0.4) is 0 Å². The average molecular weight is 436 g/mol. The van der Waals surface area contributed by atoms with E-state index in [1.165, 1.54) is 32.9 Å². The molecule has 0 saturated heterocycles. The van der Waals surface area contributed by atoms with Crippen LogP contribution in [0.4, 0.5) is 0 Å². The molecule has 2 aromatic rings. The second-order valence-electron chi connectivity index (χ2n) is 6.36. The predicted octanol–water partition coefficient (Wildman–Crippen LogP) is 3.94. The molecule has 0 bridgehead atoms. The molecule has 0 atom stereocenters. The number of benzene rings is 2. The maximum absolute atomic E-state index is 2.54. The van der Waals surface area contributed by atoms with Gasteiger partial charge in [-0.1, -0.05) is 0 Å². The van der Waals surface area contributed by atoms with Crippen LogP contribution in [0.5, 0.6) is 0 Å². The van der Waals surface area contributed by atoms with Gasteiger partial charge < -0.3 is 0 Å². The van der Waals surface area contributed by atoms with Crippen molar-refractivity contribution in [2.45, 2.75) is 40.5 Å². The summed E-state index contributed by atoms with van der Waals surface area (Å²) in [6.45, 7) is 8.96. The first-order chi connectivity index (χ1) is 11.0. The van der Waals surface area contributed by atoms with E-state index in [0.717, 1.165) is 5.92 Å². The van der Waals surface area contributed by atoms with Crippen molar-refractivity contribution in [1.82, 2.24) is 0 Å². The molecule has 0 unspecified atom stereocenters. The van der Waals surface area contributed by atoms with E-state index in [2.05, 4.69) is 81.2 Å². The fraction of sp³-hybridized carbons (Fsp3) is 0.333. The van der Waals surface area contributed by atoms with Crippen LogP contribution in [0.2, 0.25) is 0 Å². The monoisotopic (exact) mass is 438 g/mol. The zero-order valence-electron chi connectivity index (χ0n) is 14.5. The van der Waals surface area contributed by atoms with Gasteiger partial charge in [-0.25, -0.2) is 0 Å². The van der Waals surface area contributed by atoms with Crippen molar-refractivity contribution in [2.75, 3.05) is 0 Å². The zero-order chi connectivity index (χ0) is 16.7. The molecular weight excluding hydrogens is 410 g/mol. The molecular formula is C21H26Se2.